The van der Waals surface area contributed by atoms with Gasteiger partial charge in [-0.1, -0.05) is 11.6 Å². The zero-order chi connectivity index (χ0) is 20.1. The van der Waals surface area contributed by atoms with E-state index >= 15 is 0 Å². The van der Waals surface area contributed by atoms with Gasteiger partial charge < -0.3 is 26.7 Å². The molecule has 0 spiro atoms. The monoisotopic (exact) mass is 403 g/mol. The zero-order valence-electron chi connectivity index (χ0n) is 16.0. The minimum atomic E-state index is -0.0803. The van der Waals surface area contributed by atoms with Crippen molar-refractivity contribution in [3.63, 3.8) is 0 Å². The third-order valence-electron chi connectivity index (χ3n) is 4.69. The molecule has 150 valence electrons. The van der Waals surface area contributed by atoms with Gasteiger partial charge in [-0.15, -0.1) is 0 Å². The van der Waals surface area contributed by atoms with E-state index in [1.165, 1.54) is 12.8 Å². The van der Waals surface area contributed by atoms with Gasteiger partial charge in [0.1, 0.15) is 23.8 Å². The van der Waals surface area contributed by atoms with Gasteiger partial charge in [-0.05, 0) is 61.8 Å². The molecular weight excluding hydrogens is 378 g/mol. The number of halogens is 1. The van der Waals surface area contributed by atoms with Crippen LogP contribution in [-0.4, -0.2) is 44.2 Å². The summed E-state index contributed by atoms with van der Waals surface area (Å²) in [6, 6.07) is 9.06. The van der Waals surface area contributed by atoms with E-state index in [2.05, 4.69) is 9.89 Å². The number of guanidine groups is 1. The minimum Gasteiger partial charge on any atom is -0.497 e. The molecule has 0 amide bonds. The summed E-state index contributed by atoms with van der Waals surface area (Å²) in [6.45, 7) is 3.56. The molecule has 2 aromatic carbocycles. The molecule has 1 fully saturated rings. The van der Waals surface area contributed by atoms with Gasteiger partial charge >= 0.3 is 0 Å². The van der Waals surface area contributed by atoms with Crippen LogP contribution in [0.2, 0.25) is 5.02 Å². The lowest BCUT2D eigenvalue weighted by Gasteiger charge is -2.17. The second-order valence-corrected chi connectivity index (χ2v) is 7.10. The van der Waals surface area contributed by atoms with Gasteiger partial charge in [0, 0.05) is 17.1 Å². The largest absolute Gasteiger partial charge is 0.497 e. The van der Waals surface area contributed by atoms with Crippen LogP contribution in [0.25, 0.3) is 11.1 Å². The molecule has 2 aromatic rings. The molecule has 3 rings (SSSR count). The number of hydrogen-bond acceptors (Lipinski definition) is 5. The Kier molecular flexibility index (Phi) is 6.49. The number of rotatable bonds is 7. The summed E-state index contributed by atoms with van der Waals surface area (Å²) in [4.78, 5) is 6.52. The van der Waals surface area contributed by atoms with E-state index in [0.717, 1.165) is 30.8 Å². The van der Waals surface area contributed by atoms with E-state index in [1.807, 2.05) is 12.1 Å². The van der Waals surface area contributed by atoms with Gasteiger partial charge in [0.25, 0.3) is 0 Å². The van der Waals surface area contributed by atoms with Gasteiger partial charge in [-0.25, -0.2) is 4.99 Å². The molecule has 1 aliphatic heterocycles. The van der Waals surface area contributed by atoms with E-state index in [4.69, 9.17) is 38.3 Å². The normalized spacial score (nSPS) is 14.1. The maximum atomic E-state index is 6.40. The first-order chi connectivity index (χ1) is 13.5. The number of benzene rings is 2. The highest BCUT2D eigenvalue weighted by Gasteiger charge is 2.16. The summed E-state index contributed by atoms with van der Waals surface area (Å²) in [5, 5.41) is 0.581. The number of hydrogen-bond donors (Lipinski definition) is 3. The van der Waals surface area contributed by atoms with Crippen molar-refractivity contribution in [1.29, 1.82) is 0 Å². The van der Waals surface area contributed by atoms with Crippen LogP contribution in [0.4, 0.5) is 11.4 Å². The number of anilines is 1. The van der Waals surface area contributed by atoms with E-state index in [0.29, 0.717) is 34.5 Å². The maximum absolute atomic E-state index is 6.40. The smallest absolute Gasteiger partial charge is 0.191 e. The number of likely N-dealkylation sites (tertiary alicyclic amines) is 1. The molecule has 0 atom stereocenters. The maximum Gasteiger partial charge on any atom is 0.191 e. The van der Waals surface area contributed by atoms with E-state index in [1.54, 1.807) is 25.3 Å². The quantitative estimate of drug-likeness (QED) is 0.372. The molecule has 0 aromatic heterocycles. The molecule has 7 nitrogen and oxygen atoms in total. The standard InChI is InChI=1S/C20H26ClN5O2/c1-27-14-4-5-16(21)15(12-14)13-10-17(22)19(25-20(23)24)18(11-13)28-9-8-26-6-2-3-7-26/h4-5,10-12H,2-3,6-9,22H2,1H3,(H4,23,24,25). The van der Waals surface area contributed by atoms with Gasteiger partial charge in [-0.2, -0.15) is 0 Å². The highest BCUT2D eigenvalue weighted by atomic mass is 35.5. The molecule has 0 bridgehead atoms. The second-order valence-electron chi connectivity index (χ2n) is 6.69. The Morgan fingerprint density at radius 3 is 2.61 bits per heavy atom. The van der Waals surface area contributed by atoms with Crippen LogP contribution in [0, 0.1) is 0 Å². The van der Waals surface area contributed by atoms with Crippen LogP contribution >= 0.6 is 11.6 Å². The molecule has 6 N–H and O–H groups in total. The number of ether oxygens (including phenoxy) is 2. The van der Waals surface area contributed by atoms with Crippen LogP contribution in [0.15, 0.2) is 35.3 Å². The third-order valence-corrected chi connectivity index (χ3v) is 5.02. The molecule has 0 saturated carbocycles. The number of nitrogens with two attached hydrogens (primary N) is 3. The van der Waals surface area contributed by atoms with Crippen molar-refractivity contribution in [2.24, 2.45) is 16.5 Å². The second kappa shape index (κ2) is 9.03. The van der Waals surface area contributed by atoms with Crippen molar-refractivity contribution in [2.75, 3.05) is 39.1 Å². The number of aliphatic imine (C=N–C) groups is 1. The molecule has 28 heavy (non-hydrogen) atoms. The van der Waals surface area contributed by atoms with Crippen LogP contribution in [0.1, 0.15) is 12.8 Å². The lowest BCUT2D eigenvalue weighted by atomic mass is 10.0. The Bertz CT molecular complexity index is 862. The molecule has 8 heteroatoms. The minimum absolute atomic E-state index is 0.0803. The highest BCUT2D eigenvalue weighted by Crippen LogP contribution is 2.41. The van der Waals surface area contributed by atoms with Crippen LogP contribution in [-0.2, 0) is 0 Å². The fourth-order valence-electron chi connectivity index (χ4n) is 3.29. The number of nitrogen functional groups attached to an aromatic ring is 1. The fourth-order valence-corrected chi connectivity index (χ4v) is 3.51. The summed E-state index contributed by atoms with van der Waals surface area (Å²) in [5.41, 5.74) is 19.8. The van der Waals surface area contributed by atoms with E-state index < -0.39 is 0 Å². The highest BCUT2D eigenvalue weighted by molar-refractivity contribution is 6.33. The topological polar surface area (TPSA) is 112 Å². The summed E-state index contributed by atoms with van der Waals surface area (Å²) in [7, 11) is 1.61. The predicted molar refractivity (Wildman–Crippen MR) is 114 cm³/mol. The van der Waals surface area contributed by atoms with Gasteiger partial charge in [0.15, 0.2) is 5.96 Å². The van der Waals surface area contributed by atoms with Crippen molar-refractivity contribution in [3.8, 4) is 22.6 Å². The van der Waals surface area contributed by atoms with Crippen LogP contribution in [0.3, 0.4) is 0 Å². The lowest BCUT2D eigenvalue weighted by molar-refractivity contribution is 0.238. The fraction of sp³-hybridized carbons (Fsp3) is 0.350. The summed E-state index contributed by atoms with van der Waals surface area (Å²) < 4.78 is 11.3. The SMILES string of the molecule is COc1ccc(Cl)c(-c2cc(N)c(N=C(N)N)c(OCCN3CCCC3)c2)c1. The van der Waals surface area contributed by atoms with Crippen molar-refractivity contribution in [1.82, 2.24) is 4.90 Å². The Morgan fingerprint density at radius 2 is 1.93 bits per heavy atom. The Hall–Kier alpha value is -2.64. The van der Waals surface area contributed by atoms with Crippen molar-refractivity contribution in [3.05, 3.63) is 35.4 Å². The lowest BCUT2D eigenvalue weighted by Crippen LogP contribution is -2.25. The molecule has 1 aliphatic rings. The van der Waals surface area contributed by atoms with Gasteiger partial charge in [-0.3, -0.25) is 4.90 Å². The van der Waals surface area contributed by atoms with Gasteiger partial charge in [0.05, 0.1) is 12.8 Å². The third kappa shape index (κ3) is 4.79. The van der Waals surface area contributed by atoms with E-state index in [-0.39, 0.29) is 5.96 Å². The molecule has 0 unspecified atom stereocenters. The van der Waals surface area contributed by atoms with Crippen LogP contribution < -0.4 is 26.7 Å². The zero-order valence-corrected chi connectivity index (χ0v) is 16.7. The molecule has 1 saturated heterocycles. The van der Waals surface area contributed by atoms with Crippen LogP contribution in [0.5, 0.6) is 11.5 Å². The summed E-state index contributed by atoms with van der Waals surface area (Å²) in [5.74, 6) is 1.13. The average molecular weight is 404 g/mol. The first kappa shape index (κ1) is 20.1. The van der Waals surface area contributed by atoms with Crippen molar-refractivity contribution >= 4 is 28.9 Å². The first-order valence-corrected chi connectivity index (χ1v) is 9.58. The average Bonchev–Trinajstić information content (AvgIpc) is 3.18. The Balaban J connectivity index is 1.94. The van der Waals surface area contributed by atoms with Gasteiger partial charge in [0.2, 0.25) is 0 Å². The molecule has 1 heterocycles. The Labute approximate surface area is 170 Å². The summed E-state index contributed by atoms with van der Waals surface area (Å²) in [6.07, 6.45) is 2.46. The molecule has 0 radical (unpaired) electrons. The van der Waals surface area contributed by atoms with E-state index in [9.17, 15) is 0 Å². The first-order valence-electron chi connectivity index (χ1n) is 9.20. The molecule has 0 aliphatic carbocycles. The molecular formula is C20H26ClN5O2. The predicted octanol–water partition coefficient (Wildman–Crippen LogP) is 2.98. The number of methoxy groups -OCH3 is 1. The van der Waals surface area contributed by atoms with Crippen molar-refractivity contribution < 1.29 is 9.47 Å². The number of nitrogens with zero attached hydrogens (tertiary/aromatic N) is 2. The summed E-state index contributed by atoms with van der Waals surface area (Å²) >= 11 is 6.40. The Morgan fingerprint density at radius 1 is 1.18 bits per heavy atom. The van der Waals surface area contributed by atoms with Crippen molar-refractivity contribution in [2.45, 2.75) is 12.8 Å².